The molecule has 2 saturated heterocycles. The third kappa shape index (κ3) is 4.76. The van der Waals surface area contributed by atoms with Gasteiger partial charge in [0.1, 0.15) is 11.6 Å². The summed E-state index contributed by atoms with van der Waals surface area (Å²) in [5.41, 5.74) is 1.48. The molecular weight excluding hydrogens is 408 g/mol. The topological polar surface area (TPSA) is 26.8 Å². The minimum Gasteiger partial charge on any atom is -0.368 e. The van der Waals surface area contributed by atoms with Crippen molar-refractivity contribution in [3.63, 3.8) is 0 Å². The molecule has 1 amide bonds. The highest BCUT2D eigenvalue weighted by molar-refractivity contribution is 6.31. The van der Waals surface area contributed by atoms with Gasteiger partial charge in [-0.1, -0.05) is 17.7 Å². The van der Waals surface area contributed by atoms with Gasteiger partial charge in [-0.25, -0.2) is 8.78 Å². The van der Waals surface area contributed by atoms with Crippen LogP contribution in [0.5, 0.6) is 0 Å². The van der Waals surface area contributed by atoms with E-state index >= 15 is 0 Å². The summed E-state index contributed by atoms with van der Waals surface area (Å²) in [6, 6.07) is 11.2. The average molecular weight is 434 g/mol. The van der Waals surface area contributed by atoms with E-state index < -0.39 is 0 Å². The summed E-state index contributed by atoms with van der Waals surface area (Å²) in [6.07, 6.45) is 1.77. The van der Waals surface area contributed by atoms with Crippen LogP contribution in [0.3, 0.4) is 0 Å². The first-order valence-corrected chi connectivity index (χ1v) is 10.8. The van der Waals surface area contributed by atoms with Crippen molar-refractivity contribution in [2.45, 2.75) is 19.4 Å². The number of hydrogen-bond donors (Lipinski definition) is 0. The summed E-state index contributed by atoms with van der Waals surface area (Å²) in [5.74, 6) is -0.432. The molecule has 0 bridgehead atoms. The molecule has 7 heteroatoms. The van der Waals surface area contributed by atoms with Crippen molar-refractivity contribution < 1.29 is 13.6 Å². The van der Waals surface area contributed by atoms with Gasteiger partial charge in [0, 0.05) is 55.5 Å². The zero-order chi connectivity index (χ0) is 21.1. The van der Waals surface area contributed by atoms with E-state index in [0.717, 1.165) is 38.2 Å². The Balaban J connectivity index is 1.33. The predicted octanol–water partition coefficient (Wildman–Crippen LogP) is 4.18. The second-order valence-corrected chi connectivity index (χ2v) is 8.47. The van der Waals surface area contributed by atoms with Crippen LogP contribution >= 0.6 is 11.6 Å². The number of anilines is 1. The molecule has 2 aromatic rings. The van der Waals surface area contributed by atoms with Crippen LogP contribution in [-0.4, -0.2) is 55.0 Å². The number of benzene rings is 2. The van der Waals surface area contributed by atoms with Gasteiger partial charge >= 0.3 is 0 Å². The van der Waals surface area contributed by atoms with Crippen molar-refractivity contribution in [2.24, 2.45) is 5.92 Å². The van der Waals surface area contributed by atoms with Gasteiger partial charge in [0.2, 0.25) is 5.91 Å². The van der Waals surface area contributed by atoms with Gasteiger partial charge < -0.3 is 9.80 Å². The van der Waals surface area contributed by atoms with Gasteiger partial charge in [-0.2, -0.15) is 0 Å². The molecule has 1 atom stereocenters. The summed E-state index contributed by atoms with van der Waals surface area (Å²) in [6.45, 7) is 4.68. The molecule has 2 fully saturated rings. The fourth-order valence-electron chi connectivity index (χ4n) is 4.40. The Morgan fingerprint density at radius 2 is 1.73 bits per heavy atom. The summed E-state index contributed by atoms with van der Waals surface area (Å²) in [7, 11) is 0. The van der Waals surface area contributed by atoms with Crippen molar-refractivity contribution in [3.05, 3.63) is 64.7 Å². The third-order valence-corrected chi connectivity index (χ3v) is 6.44. The van der Waals surface area contributed by atoms with E-state index in [1.165, 1.54) is 18.2 Å². The molecule has 4 rings (SSSR count). The van der Waals surface area contributed by atoms with Crippen LogP contribution in [0, 0.1) is 17.6 Å². The van der Waals surface area contributed by atoms with Gasteiger partial charge in [-0.15, -0.1) is 0 Å². The van der Waals surface area contributed by atoms with E-state index in [9.17, 15) is 13.6 Å². The van der Waals surface area contributed by atoms with Gasteiger partial charge in [0.25, 0.3) is 0 Å². The average Bonchev–Trinajstić information content (AvgIpc) is 2.77. The van der Waals surface area contributed by atoms with E-state index in [1.54, 1.807) is 24.3 Å². The molecule has 160 valence electrons. The number of amides is 1. The Kier molecular flexibility index (Phi) is 6.54. The first-order valence-electron chi connectivity index (χ1n) is 10.5. The molecule has 0 N–H and O–H groups in total. The number of halogens is 3. The summed E-state index contributed by atoms with van der Waals surface area (Å²) in [5, 5.41) is 0.431. The zero-order valence-corrected chi connectivity index (χ0v) is 17.6. The molecule has 0 aliphatic carbocycles. The lowest BCUT2D eigenvalue weighted by atomic mass is 9.95. The summed E-state index contributed by atoms with van der Waals surface area (Å²) in [4.78, 5) is 19.3. The molecule has 2 aliphatic rings. The standard InChI is InChI=1S/C23H26ClF2N3O/c24-21-4-1-5-22(26)20(21)16-27-10-2-3-17(15-27)23(30)29-13-11-28(12-14-29)19-8-6-18(25)7-9-19/h1,4-9,17H,2-3,10-16H2. The van der Waals surface area contributed by atoms with Crippen LogP contribution in [0.2, 0.25) is 5.02 Å². The number of rotatable bonds is 4. The van der Waals surface area contributed by atoms with Crippen LogP contribution in [0.4, 0.5) is 14.5 Å². The van der Waals surface area contributed by atoms with E-state index in [0.29, 0.717) is 36.8 Å². The number of carbonyl (C=O) groups is 1. The van der Waals surface area contributed by atoms with Gasteiger partial charge in [-0.05, 0) is 55.8 Å². The zero-order valence-electron chi connectivity index (χ0n) is 16.9. The van der Waals surface area contributed by atoms with Gasteiger partial charge in [0.05, 0.1) is 5.92 Å². The highest BCUT2D eigenvalue weighted by Gasteiger charge is 2.31. The largest absolute Gasteiger partial charge is 0.368 e. The second-order valence-electron chi connectivity index (χ2n) is 8.06. The minimum absolute atomic E-state index is 0.0679. The van der Waals surface area contributed by atoms with Crippen molar-refractivity contribution in [3.8, 4) is 0 Å². The highest BCUT2D eigenvalue weighted by atomic mass is 35.5. The van der Waals surface area contributed by atoms with Crippen LogP contribution in [0.25, 0.3) is 0 Å². The molecule has 0 radical (unpaired) electrons. The van der Waals surface area contributed by atoms with Crippen molar-refractivity contribution in [2.75, 3.05) is 44.2 Å². The number of piperidine rings is 1. The van der Waals surface area contributed by atoms with E-state index in [-0.39, 0.29) is 23.5 Å². The Bertz CT molecular complexity index is 864. The number of hydrogen-bond acceptors (Lipinski definition) is 3. The third-order valence-electron chi connectivity index (χ3n) is 6.08. The van der Waals surface area contributed by atoms with Gasteiger partial charge in [-0.3, -0.25) is 9.69 Å². The maximum Gasteiger partial charge on any atom is 0.227 e. The van der Waals surface area contributed by atoms with Crippen molar-refractivity contribution in [1.29, 1.82) is 0 Å². The highest BCUT2D eigenvalue weighted by Crippen LogP contribution is 2.26. The molecule has 0 aromatic heterocycles. The van der Waals surface area contributed by atoms with Crippen molar-refractivity contribution >= 4 is 23.2 Å². The number of nitrogens with zero attached hydrogens (tertiary/aromatic N) is 3. The molecule has 0 saturated carbocycles. The monoisotopic (exact) mass is 433 g/mol. The molecule has 1 unspecified atom stereocenters. The maximum atomic E-state index is 14.1. The summed E-state index contributed by atoms with van der Waals surface area (Å²) >= 11 is 6.17. The second kappa shape index (κ2) is 9.31. The number of likely N-dealkylation sites (tertiary alicyclic amines) is 1. The lowest BCUT2D eigenvalue weighted by Crippen LogP contribution is -2.52. The number of carbonyl (C=O) groups excluding carboxylic acids is 1. The smallest absolute Gasteiger partial charge is 0.227 e. The molecular formula is C23H26ClF2N3O. The maximum absolute atomic E-state index is 14.1. The minimum atomic E-state index is -0.298. The van der Waals surface area contributed by atoms with E-state index in [2.05, 4.69) is 9.80 Å². The molecule has 30 heavy (non-hydrogen) atoms. The van der Waals surface area contributed by atoms with Crippen LogP contribution in [0.15, 0.2) is 42.5 Å². The van der Waals surface area contributed by atoms with Crippen molar-refractivity contribution in [1.82, 2.24) is 9.80 Å². The number of piperazine rings is 1. The fourth-order valence-corrected chi connectivity index (χ4v) is 4.63. The summed E-state index contributed by atoms with van der Waals surface area (Å²) < 4.78 is 27.3. The SMILES string of the molecule is O=C(C1CCCN(Cc2c(F)cccc2Cl)C1)N1CCN(c2ccc(F)cc2)CC1. The van der Waals surface area contributed by atoms with Crippen LogP contribution in [-0.2, 0) is 11.3 Å². The van der Waals surface area contributed by atoms with E-state index in [4.69, 9.17) is 11.6 Å². The lowest BCUT2D eigenvalue weighted by molar-refractivity contribution is -0.137. The molecule has 2 aromatic carbocycles. The molecule has 2 aliphatic heterocycles. The molecule has 2 heterocycles. The molecule has 0 spiro atoms. The lowest BCUT2D eigenvalue weighted by Gasteiger charge is -2.39. The first kappa shape index (κ1) is 21.1. The predicted molar refractivity (Wildman–Crippen MR) is 115 cm³/mol. The Labute approximate surface area is 181 Å². The van der Waals surface area contributed by atoms with Crippen LogP contribution < -0.4 is 4.90 Å². The van der Waals surface area contributed by atoms with E-state index in [1.807, 2.05) is 4.90 Å². The van der Waals surface area contributed by atoms with Gasteiger partial charge in [0.15, 0.2) is 0 Å². The van der Waals surface area contributed by atoms with Crippen LogP contribution in [0.1, 0.15) is 18.4 Å². The quantitative estimate of drug-likeness (QED) is 0.723. The fraction of sp³-hybridized carbons (Fsp3) is 0.435. The Morgan fingerprint density at radius 3 is 2.43 bits per heavy atom. The first-order chi connectivity index (χ1) is 14.5. The normalized spacial score (nSPS) is 20.4. The Hall–Kier alpha value is -2.18. The molecule has 4 nitrogen and oxygen atoms in total. The Morgan fingerprint density at radius 1 is 1.00 bits per heavy atom.